The molecule has 1 heterocycles. The predicted molar refractivity (Wildman–Crippen MR) is 141 cm³/mol. The Hall–Kier alpha value is -3.77. The molecule has 238 valence electrons. The minimum Gasteiger partial charge on any atom is -0.496 e. The first-order chi connectivity index (χ1) is 20.2. The summed E-state index contributed by atoms with van der Waals surface area (Å²) in [5.74, 6) is -2.69. The van der Waals surface area contributed by atoms with E-state index in [0.717, 1.165) is 29.2 Å². The Labute approximate surface area is 246 Å². The standard InChI is InChI=1S/C31H27F10NO2/c1-15(2)23-11-25(27(44-4)13-26(23)32)22-6-5-19(29(33,34)35)9-18(22)14-42-16(3)24(12-28(42)43)17-7-20(30(36,37)38)10-21(8-17)31(39,40)41/h5-11,13,15-16,24H,12,14H2,1-4H3/t16-,24-/m0/s1. The van der Waals surface area contributed by atoms with Crippen molar-refractivity contribution in [3.63, 3.8) is 0 Å². The van der Waals surface area contributed by atoms with Crippen molar-refractivity contribution in [3.8, 4) is 16.9 Å². The van der Waals surface area contributed by atoms with Crippen molar-refractivity contribution < 1.29 is 53.4 Å². The van der Waals surface area contributed by atoms with Crippen molar-refractivity contribution >= 4 is 5.91 Å². The van der Waals surface area contributed by atoms with Gasteiger partial charge in [-0.15, -0.1) is 0 Å². The molecular formula is C31H27F10NO2. The molecule has 0 bridgehead atoms. The summed E-state index contributed by atoms with van der Waals surface area (Å²) < 4.78 is 142. The minimum atomic E-state index is -5.10. The average Bonchev–Trinajstić information content (AvgIpc) is 3.19. The number of alkyl halides is 9. The second-order valence-corrected chi connectivity index (χ2v) is 11.0. The fraction of sp³-hybridized carbons (Fsp3) is 0.387. The summed E-state index contributed by atoms with van der Waals surface area (Å²) in [7, 11) is 1.25. The van der Waals surface area contributed by atoms with Crippen molar-refractivity contribution in [1.29, 1.82) is 0 Å². The van der Waals surface area contributed by atoms with Gasteiger partial charge < -0.3 is 9.64 Å². The van der Waals surface area contributed by atoms with Gasteiger partial charge in [-0.2, -0.15) is 39.5 Å². The molecule has 2 atom stereocenters. The normalized spacial score (nSPS) is 18.0. The van der Waals surface area contributed by atoms with Crippen LogP contribution in [0.1, 0.15) is 72.4 Å². The molecule has 0 unspecified atom stereocenters. The van der Waals surface area contributed by atoms with E-state index in [2.05, 4.69) is 0 Å². The number of ether oxygens (including phenoxy) is 1. The van der Waals surface area contributed by atoms with Gasteiger partial charge in [0, 0.05) is 36.6 Å². The van der Waals surface area contributed by atoms with Crippen molar-refractivity contribution in [2.24, 2.45) is 0 Å². The fourth-order valence-electron chi connectivity index (χ4n) is 5.48. The summed E-state index contributed by atoms with van der Waals surface area (Å²) in [6, 6.07) is 5.42. The zero-order valence-electron chi connectivity index (χ0n) is 23.8. The van der Waals surface area contributed by atoms with Crippen LogP contribution in [0.5, 0.6) is 5.75 Å². The summed E-state index contributed by atoms with van der Waals surface area (Å²) in [4.78, 5) is 14.3. The second kappa shape index (κ2) is 11.6. The second-order valence-electron chi connectivity index (χ2n) is 11.0. The highest BCUT2D eigenvalue weighted by Crippen LogP contribution is 2.44. The lowest BCUT2D eigenvalue weighted by Crippen LogP contribution is -2.32. The number of benzene rings is 3. The number of rotatable bonds is 6. The van der Waals surface area contributed by atoms with Crippen molar-refractivity contribution in [1.82, 2.24) is 4.90 Å². The number of likely N-dealkylation sites (tertiary alicyclic amines) is 1. The Balaban J connectivity index is 1.81. The molecule has 44 heavy (non-hydrogen) atoms. The van der Waals surface area contributed by atoms with Gasteiger partial charge in [0.1, 0.15) is 11.6 Å². The zero-order valence-corrected chi connectivity index (χ0v) is 23.8. The smallest absolute Gasteiger partial charge is 0.416 e. The highest BCUT2D eigenvalue weighted by Gasteiger charge is 2.42. The Kier molecular flexibility index (Phi) is 8.75. The quantitative estimate of drug-likeness (QED) is 0.253. The van der Waals surface area contributed by atoms with Gasteiger partial charge >= 0.3 is 18.5 Å². The molecule has 3 aromatic carbocycles. The van der Waals surface area contributed by atoms with Crippen molar-refractivity contribution in [2.45, 2.75) is 70.1 Å². The molecule has 4 rings (SSSR count). The first-order valence-corrected chi connectivity index (χ1v) is 13.4. The van der Waals surface area contributed by atoms with Gasteiger partial charge in [0.15, 0.2) is 0 Å². The summed E-state index contributed by atoms with van der Waals surface area (Å²) >= 11 is 0. The molecule has 0 spiro atoms. The van der Waals surface area contributed by atoms with E-state index in [1.807, 2.05) is 0 Å². The topological polar surface area (TPSA) is 29.5 Å². The number of halogens is 10. The third-order valence-electron chi connectivity index (χ3n) is 7.83. The largest absolute Gasteiger partial charge is 0.496 e. The molecule has 0 aromatic heterocycles. The Bertz CT molecular complexity index is 1520. The van der Waals surface area contributed by atoms with Gasteiger partial charge in [0.05, 0.1) is 23.8 Å². The number of methoxy groups -OCH3 is 1. The number of carbonyl (C=O) groups excluding carboxylic acids is 1. The lowest BCUT2D eigenvalue weighted by molar-refractivity contribution is -0.143. The van der Waals surface area contributed by atoms with Crippen LogP contribution in [0.2, 0.25) is 0 Å². The van der Waals surface area contributed by atoms with E-state index in [-0.39, 0.29) is 45.6 Å². The highest BCUT2D eigenvalue weighted by molar-refractivity contribution is 5.81. The molecule has 1 saturated heterocycles. The molecule has 13 heteroatoms. The van der Waals surface area contributed by atoms with Gasteiger partial charge in [0.25, 0.3) is 0 Å². The third-order valence-corrected chi connectivity index (χ3v) is 7.83. The fourth-order valence-corrected chi connectivity index (χ4v) is 5.48. The summed E-state index contributed by atoms with van der Waals surface area (Å²) in [6.07, 6.45) is -15.4. The van der Waals surface area contributed by atoms with Crippen LogP contribution in [-0.2, 0) is 29.9 Å². The lowest BCUT2D eigenvalue weighted by atomic mass is 9.89. The predicted octanol–water partition coefficient (Wildman–Crippen LogP) is 9.59. The van der Waals surface area contributed by atoms with E-state index < -0.39 is 71.9 Å². The maximum atomic E-state index is 14.7. The summed E-state index contributed by atoms with van der Waals surface area (Å²) in [5.41, 5.74) is -3.85. The minimum absolute atomic E-state index is 0.00947. The summed E-state index contributed by atoms with van der Waals surface area (Å²) in [6.45, 7) is 4.38. The molecule has 0 saturated carbocycles. The van der Waals surface area contributed by atoms with Crippen LogP contribution in [0.4, 0.5) is 43.9 Å². The van der Waals surface area contributed by atoms with Crippen molar-refractivity contribution in [3.05, 3.63) is 87.7 Å². The van der Waals surface area contributed by atoms with Crippen LogP contribution < -0.4 is 4.74 Å². The van der Waals surface area contributed by atoms with Crippen LogP contribution in [0, 0.1) is 5.82 Å². The maximum absolute atomic E-state index is 14.7. The van der Waals surface area contributed by atoms with Crippen LogP contribution in [-0.4, -0.2) is 24.0 Å². The van der Waals surface area contributed by atoms with Gasteiger partial charge in [-0.25, -0.2) is 4.39 Å². The highest BCUT2D eigenvalue weighted by atomic mass is 19.4. The van der Waals surface area contributed by atoms with E-state index in [1.54, 1.807) is 13.8 Å². The van der Waals surface area contributed by atoms with Crippen LogP contribution in [0.25, 0.3) is 11.1 Å². The maximum Gasteiger partial charge on any atom is 0.416 e. The lowest BCUT2D eigenvalue weighted by Gasteiger charge is -2.27. The molecule has 1 aliphatic heterocycles. The molecule has 0 aliphatic carbocycles. The molecule has 3 aromatic rings. The van der Waals surface area contributed by atoms with E-state index in [9.17, 15) is 48.7 Å². The first-order valence-electron chi connectivity index (χ1n) is 13.4. The molecule has 0 radical (unpaired) electrons. The first kappa shape index (κ1) is 33.1. The molecule has 1 fully saturated rings. The van der Waals surface area contributed by atoms with Gasteiger partial charge in [-0.05, 0) is 71.5 Å². The molecule has 1 amide bonds. The van der Waals surface area contributed by atoms with Crippen LogP contribution >= 0.6 is 0 Å². The van der Waals surface area contributed by atoms with Gasteiger partial charge in [-0.3, -0.25) is 4.79 Å². The number of hydrogen-bond donors (Lipinski definition) is 0. The zero-order chi connectivity index (χ0) is 32.9. The Morgan fingerprint density at radius 2 is 1.39 bits per heavy atom. The Morgan fingerprint density at radius 1 is 0.818 bits per heavy atom. The third kappa shape index (κ3) is 6.66. The number of nitrogens with zero attached hydrogens (tertiary/aromatic N) is 1. The van der Waals surface area contributed by atoms with Crippen LogP contribution in [0.3, 0.4) is 0 Å². The molecule has 3 nitrogen and oxygen atoms in total. The van der Waals surface area contributed by atoms with E-state index in [0.29, 0.717) is 12.1 Å². The Morgan fingerprint density at radius 3 is 1.89 bits per heavy atom. The molecule has 0 N–H and O–H groups in total. The molecular weight excluding hydrogens is 608 g/mol. The van der Waals surface area contributed by atoms with Gasteiger partial charge in [0.2, 0.25) is 5.91 Å². The van der Waals surface area contributed by atoms with E-state index >= 15 is 0 Å². The SMILES string of the molecule is COc1cc(F)c(C(C)C)cc1-c1ccc(C(F)(F)F)cc1CN1C(=O)C[C@H](c2cc(C(F)(F)F)cc(C(F)(F)F)c2)[C@@H]1C. The number of hydrogen-bond acceptors (Lipinski definition) is 2. The van der Waals surface area contributed by atoms with Crippen molar-refractivity contribution in [2.75, 3.05) is 7.11 Å². The van der Waals surface area contributed by atoms with Gasteiger partial charge in [-0.1, -0.05) is 19.9 Å². The average molecular weight is 636 g/mol. The van der Waals surface area contributed by atoms with E-state index in [4.69, 9.17) is 4.74 Å². The summed E-state index contributed by atoms with van der Waals surface area (Å²) in [5, 5.41) is 0. The monoisotopic (exact) mass is 635 g/mol. The number of amides is 1. The van der Waals surface area contributed by atoms with Crippen LogP contribution in [0.15, 0.2) is 48.5 Å². The van der Waals surface area contributed by atoms with E-state index in [1.165, 1.54) is 20.1 Å². The number of carbonyl (C=O) groups is 1. The molecule has 1 aliphatic rings.